The summed E-state index contributed by atoms with van der Waals surface area (Å²) in [5.74, 6) is 2.23. The van der Waals surface area contributed by atoms with Crippen LogP contribution in [-0.4, -0.2) is 16.5 Å². The van der Waals surface area contributed by atoms with Crippen molar-refractivity contribution in [1.29, 1.82) is 0 Å². The van der Waals surface area contributed by atoms with Crippen molar-refractivity contribution in [3.8, 4) is 0 Å². The van der Waals surface area contributed by atoms with Gasteiger partial charge in [-0.1, -0.05) is 67.6 Å². The zero-order valence-electron chi connectivity index (χ0n) is 16.4. The lowest BCUT2D eigenvalue weighted by atomic mass is 9.88. The number of anilines is 1. The Hall–Kier alpha value is -2.72. The highest BCUT2D eigenvalue weighted by Crippen LogP contribution is 2.30. The fourth-order valence-corrected chi connectivity index (χ4v) is 4.51. The third-order valence-corrected chi connectivity index (χ3v) is 5.95. The Labute approximate surface area is 170 Å². The Balaban J connectivity index is 1.56. The van der Waals surface area contributed by atoms with Gasteiger partial charge in [-0.2, -0.15) is 0 Å². The molecule has 0 aliphatic heterocycles. The Morgan fingerprint density at radius 3 is 2.18 bits per heavy atom. The van der Waals surface area contributed by atoms with Gasteiger partial charge in [0, 0.05) is 23.8 Å². The normalized spacial score (nSPS) is 11.2. The van der Waals surface area contributed by atoms with Crippen LogP contribution in [0.2, 0.25) is 0 Å². The SMILES string of the molecule is CCc1nc(NCCC(c2ccccc2)c2ccccc2)c2cc(C)sc2n1. The number of hydrogen-bond donors (Lipinski definition) is 1. The average Bonchev–Trinajstić information content (AvgIpc) is 3.12. The van der Waals surface area contributed by atoms with Crippen molar-refractivity contribution in [2.75, 3.05) is 11.9 Å². The standard InChI is InChI=1S/C24H25N3S/c1-3-22-26-23(21-16-17(2)28-24(21)27-22)25-15-14-20(18-10-6-4-7-11-18)19-12-8-5-9-13-19/h4-13,16,20H,3,14-15H2,1-2H3,(H,25,26,27). The van der Waals surface area contributed by atoms with E-state index < -0.39 is 0 Å². The fourth-order valence-electron chi connectivity index (χ4n) is 3.61. The van der Waals surface area contributed by atoms with Gasteiger partial charge in [0.2, 0.25) is 0 Å². The Kier molecular flexibility index (Phi) is 5.68. The summed E-state index contributed by atoms with van der Waals surface area (Å²) in [7, 11) is 0. The highest BCUT2D eigenvalue weighted by atomic mass is 32.1. The van der Waals surface area contributed by atoms with Crippen LogP contribution in [0.15, 0.2) is 66.7 Å². The molecule has 1 N–H and O–H groups in total. The van der Waals surface area contributed by atoms with Crippen molar-refractivity contribution in [2.45, 2.75) is 32.6 Å². The first kappa shape index (κ1) is 18.6. The summed E-state index contributed by atoms with van der Waals surface area (Å²) < 4.78 is 0. The molecule has 0 atom stereocenters. The Bertz CT molecular complexity index is 1000. The highest BCUT2D eigenvalue weighted by Gasteiger charge is 2.15. The molecule has 4 aromatic rings. The van der Waals surface area contributed by atoms with Gasteiger partial charge in [0.15, 0.2) is 0 Å². The van der Waals surface area contributed by atoms with E-state index in [2.05, 4.69) is 90.9 Å². The smallest absolute Gasteiger partial charge is 0.138 e. The molecule has 0 radical (unpaired) electrons. The monoisotopic (exact) mass is 387 g/mol. The largest absolute Gasteiger partial charge is 0.369 e. The molecule has 0 aliphatic carbocycles. The molecular weight excluding hydrogens is 362 g/mol. The molecule has 0 fully saturated rings. The molecule has 2 heterocycles. The van der Waals surface area contributed by atoms with Crippen molar-refractivity contribution in [2.24, 2.45) is 0 Å². The maximum absolute atomic E-state index is 4.76. The Morgan fingerprint density at radius 1 is 0.929 bits per heavy atom. The van der Waals surface area contributed by atoms with Crippen LogP contribution < -0.4 is 5.32 Å². The molecule has 0 saturated heterocycles. The lowest BCUT2D eigenvalue weighted by Crippen LogP contribution is -2.11. The number of hydrogen-bond acceptors (Lipinski definition) is 4. The van der Waals surface area contributed by atoms with Gasteiger partial charge in [-0.25, -0.2) is 9.97 Å². The summed E-state index contributed by atoms with van der Waals surface area (Å²) in [6, 6.07) is 23.7. The first-order chi connectivity index (χ1) is 13.7. The topological polar surface area (TPSA) is 37.8 Å². The molecule has 3 nitrogen and oxygen atoms in total. The van der Waals surface area contributed by atoms with Gasteiger partial charge in [0.05, 0.1) is 5.39 Å². The second-order valence-electron chi connectivity index (χ2n) is 7.01. The van der Waals surface area contributed by atoms with Gasteiger partial charge >= 0.3 is 0 Å². The van der Waals surface area contributed by atoms with Gasteiger partial charge in [-0.3, -0.25) is 0 Å². The lowest BCUT2D eigenvalue weighted by Gasteiger charge is -2.19. The molecule has 142 valence electrons. The number of thiophene rings is 1. The van der Waals surface area contributed by atoms with Crippen LogP contribution in [0.25, 0.3) is 10.2 Å². The summed E-state index contributed by atoms with van der Waals surface area (Å²) in [5.41, 5.74) is 2.70. The molecule has 0 unspecified atom stereocenters. The molecular formula is C24H25N3S. The van der Waals surface area contributed by atoms with Crippen molar-refractivity contribution < 1.29 is 0 Å². The van der Waals surface area contributed by atoms with E-state index in [4.69, 9.17) is 4.98 Å². The highest BCUT2D eigenvalue weighted by molar-refractivity contribution is 7.18. The molecule has 2 aromatic carbocycles. The van der Waals surface area contributed by atoms with Gasteiger partial charge in [0.1, 0.15) is 16.5 Å². The van der Waals surface area contributed by atoms with E-state index in [1.54, 1.807) is 11.3 Å². The summed E-state index contributed by atoms with van der Waals surface area (Å²) in [6.07, 6.45) is 1.85. The number of benzene rings is 2. The number of nitrogens with zero attached hydrogens (tertiary/aromatic N) is 2. The summed E-state index contributed by atoms with van der Waals surface area (Å²) >= 11 is 1.74. The van der Waals surface area contributed by atoms with Crippen LogP contribution in [0, 0.1) is 6.92 Å². The lowest BCUT2D eigenvalue weighted by molar-refractivity contribution is 0.743. The van der Waals surface area contributed by atoms with E-state index in [0.29, 0.717) is 5.92 Å². The molecule has 0 saturated carbocycles. The fraction of sp³-hybridized carbons (Fsp3) is 0.250. The Morgan fingerprint density at radius 2 is 1.57 bits per heavy atom. The number of nitrogens with one attached hydrogen (secondary N) is 1. The summed E-state index contributed by atoms with van der Waals surface area (Å²) in [5, 5.41) is 4.74. The minimum absolute atomic E-state index is 0.363. The van der Waals surface area contributed by atoms with Gasteiger partial charge in [0.25, 0.3) is 0 Å². The van der Waals surface area contributed by atoms with Gasteiger partial charge < -0.3 is 5.32 Å². The quantitative estimate of drug-likeness (QED) is 0.410. The van der Waals surface area contributed by atoms with Gasteiger partial charge in [-0.05, 0) is 30.5 Å². The summed E-state index contributed by atoms with van der Waals surface area (Å²) in [4.78, 5) is 11.8. The van der Waals surface area contributed by atoms with E-state index in [1.165, 1.54) is 16.0 Å². The maximum atomic E-state index is 4.76. The first-order valence-electron chi connectivity index (χ1n) is 9.85. The number of rotatable bonds is 7. The van der Waals surface area contributed by atoms with E-state index in [9.17, 15) is 0 Å². The van der Waals surface area contributed by atoms with Crippen LogP contribution in [0.3, 0.4) is 0 Å². The van der Waals surface area contributed by atoms with Crippen LogP contribution in [-0.2, 0) is 6.42 Å². The van der Waals surface area contributed by atoms with Gasteiger partial charge in [-0.15, -0.1) is 11.3 Å². The van der Waals surface area contributed by atoms with E-state index in [-0.39, 0.29) is 0 Å². The molecule has 0 amide bonds. The second-order valence-corrected chi connectivity index (χ2v) is 8.24. The predicted octanol–water partition coefficient (Wildman–Crippen LogP) is 6.20. The minimum atomic E-state index is 0.363. The molecule has 0 spiro atoms. The minimum Gasteiger partial charge on any atom is -0.369 e. The summed E-state index contributed by atoms with van der Waals surface area (Å²) in [6.45, 7) is 5.09. The molecule has 2 aromatic heterocycles. The third kappa shape index (κ3) is 4.07. The molecule has 0 bridgehead atoms. The number of aryl methyl sites for hydroxylation is 2. The van der Waals surface area contributed by atoms with Crippen molar-refractivity contribution in [3.05, 3.63) is 88.6 Å². The van der Waals surface area contributed by atoms with Crippen LogP contribution in [0.4, 0.5) is 5.82 Å². The number of aromatic nitrogens is 2. The zero-order valence-corrected chi connectivity index (χ0v) is 17.2. The second kappa shape index (κ2) is 8.53. The number of fused-ring (bicyclic) bond motifs is 1. The average molecular weight is 388 g/mol. The van der Waals surface area contributed by atoms with E-state index in [1.807, 2.05) is 0 Å². The van der Waals surface area contributed by atoms with Crippen LogP contribution >= 0.6 is 11.3 Å². The van der Waals surface area contributed by atoms with Crippen molar-refractivity contribution in [3.63, 3.8) is 0 Å². The maximum Gasteiger partial charge on any atom is 0.138 e. The van der Waals surface area contributed by atoms with Crippen LogP contribution in [0.1, 0.15) is 41.1 Å². The zero-order chi connectivity index (χ0) is 19.3. The third-order valence-electron chi connectivity index (χ3n) is 5.01. The molecule has 0 aliphatic rings. The molecule has 28 heavy (non-hydrogen) atoms. The van der Waals surface area contributed by atoms with Crippen LogP contribution in [0.5, 0.6) is 0 Å². The van der Waals surface area contributed by atoms with E-state index >= 15 is 0 Å². The molecule has 4 heteroatoms. The predicted molar refractivity (Wildman–Crippen MR) is 119 cm³/mol. The molecule has 4 rings (SSSR count). The van der Waals surface area contributed by atoms with Crippen molar-refractivity contribution in [1.82, 2.24) is 9.97 Å². The first-order valence-corrected chi connectivity index (χ1v) is 10.7. The van der Waals surface area contributed by atoms with Crippen molar-refractivity contribution >= 4 is 27.4 Å². The van der Waals surface area contributed by atoms with E-state index in [0.717, 1.165) is 41.2 Å².